The molecule has 0 bridgehead atoms. The fourth-order valence-electron chi connectivity index (χ4n) is 2.50. The smallest absolute Gasteiger partial charge is 0.251 e. The summed E-state index contributed by atoms with van der Waals surface area (Å²) < 4.78 is 4.96. The van der Waals surface area contributed by atoms with E-state index in [0.717, 1.165) is 18.8 Å². The quantitative estimate of drug-likeness (QED) is 0.881. The van der Waals surface area contributed by atoms with Gasteiger partial charge in [-0.15, -0.1) is 0 Å². The third-order valence-electron chi connectivity index (χ3n) is 3.79. The van der Waals surface area contributed by atoms with E-state index in [-0.39, 0.29) is 17.7 Å². The maximum Gasteiger partial charge on any atom is 0.251 e. The molecule has 19 heavy (non-hydrogen) atoms. The third kappa shape index (κ3) is 3.40. The van der Waals surface area contributed by atoms with Gasteiger partial charge >= 0.3 is 0 Å². The zero-order valence-electron chi connectivity index (χ0n) is 11.5. The summed E-state index contributed by atoms with van der Waals surface area (Å²) >= 11 is 0. The number of carbonyl (C=O) groups excluding carboxylic acids is 1. The SMILES string of the molecule is COc1ccc(C(=O)NC2CCC(C)CC2)cc1O. The van der Waals surface area contributed by atoms with Gasteiger partial charge in [-0.1, -0.05) is 6.92 Å². The van der Waals surface area contributed by atoms with Crippen LogP contribution in [0.5, 0.6) is 11.5 Å². The van der Waals surface area contributed by atoms with Crippen molar-refractivity contribution in [1.82, 2.24) is 5.32 Å². The highest BCUT2D eigenvalue weighted by molar-refractivity contribution is 5.95. The molecule has 104 valence electrons. The van der Waals surface area contributed by atoms with Gasteiger partial charge in [-0.25, -0.2) is 0 Å². The van der Waals surface area contributed by atoms with Gasteiger partial charge in [-0.2, -0.15) is 0 Å². The molecular weight excluding hydrogens is 242 g/mol. The van der Waals surface area contributed by atoms with Gasteiger partial charge in [0.25, 0.3) is 5.91 Å². The molecule has 0 saturated heterocycles. The first-order valence-electron chi connectivity index (χ1n) is 6.78. The van der Waals surface area contributed by atoms with Crippen molar-refractivity contribution < 1.29 is 14.6 Å². The van der Waals surface area contributed by atoms with Crippen LogP contribution in [-0.2, 0) is 0 Å². The number of amides is 1. The highest BCUT2D eigenvalue weighted by atomic mass is 16.5. The number of phenols is 1. The molecule has 0 spiro atoms. The number of aromatic hydroxyl groups is 1. The first-order chi connectivity index (χ1) is 9.10. The van der Waals surface area contributed by atoms with Crippen LogP contribution in [0.15, 0.2) is 18.2 Å². The number of methoxy groups -OCH3 is 1. The Hall–Kier alpha value is -1.71. The standard InChI is InChI=1S/C15H21NO3/c1-10-3-6-12(7-4-10)16-15(18)11-5-8-14(19-2)13(17)9-11/h5,8-10,12,17H,3-4,6-7H2,1-2H3,(H,16,18). The summed E-state index contributed by atoms with van der Waals surface area (Å²) in [6.07, 6.45) is 4.40. The van der Waals surface area contributed by atoms with Gasteiger partial charge in [-0.3, -0.25) is 4.79 Å². The largest absolute Gasteiger partial charge is 0.504 e. The van der Waals surface area contributed by atoms with Crippen LogP contribution < -0.4 is 10.1 Å². The van der Waals surface area contributed by atoms with Crippen molar-refractivity contribution in [2.24, 2.45) is 5.92 Å². The molecule has 4 heteroatoms. The van der Waals surface area contributed by atoms with Crippen LogP contribution in [0.3, 0.4) is 0 Å². The monoisotopic (exact) mass is 263 g/mol. The molecule has 0 aliphatic heterocycles. The average molecular weight is 263 g/mol. The number of rotatable bonds is 3. The molecule has 1 aliphatic carbocycles. The van der Waals surface area contributed by atoms with Crippen molar-refractivity contribution in [2.45, 2.75) is 38.6 Å². The van der Waals surface area contributed by atoms with Crippen molar-refractivity contribution in [1.29, 1.82) is 0 Å². The van der Waals surface area contributed by atoms with E-state index in [2.05, 4.69) is 12.2 Å². The zero-order chi connectivity index (χ0) is 13.8. The second-order valence-electron chi connectivity index (χ2n) is 5.32. The van der Waals surface area contributed by atoms with Crippen molar-refractivity contribution in [3.05, 3.63) is 23.8 Å². The summed E-state index contributed by atoms with van der Waals surface area (Å²) in [4.78, 5) is 12.1. The molecule has 1 fully saturated rings. The van der Waals surface area contributed by atoms with Crippen LogP contribution in [0, 0.1) is 5.92 Å². The van der Waals surface area contributed by atoms with Crippen molar-refractivity contribution in [3.63, 3.8) is 0 Å². The first kappa shape index (κ1) is 13.7. The number of benzene rings is 1. The summed E-state index contributed by atoms with van der Waals surface area (Å²) in [5.41, 5.74) is 0.469. The van der Waals surface area contributed by atoms with Crippen LogP contribution >= 0.6 is 0 Å². The number of carbonyl (C=O) groups is 1. The Morgan fingerprint density at radius 3 is 2.58 bits per heavy atom. The van der Waals surface area contributed by atoms with Crippen molar-refractivity contribution in [3.8, 4) is 11.5 Å². The van der Waals surface area contributed by atoms with E-state index in [1.165, 1.54) is 26.0 Å². The summed E-state index contributed by atoms with van der Waals surface area (Å²) in [5, 5.41) is 12.7. The Morgan fingerprint density at radius 1 is 1.32 bits per heavy atom. The predicted molar refractivity (Wildman–Crippen MR) is 73.5 cm³/mol. The lowest BCUT2D eigenvalue weighted by molar-refractivity contribution is 0.0922. The van der Waals surface area contributed by atoms with Crippen LogP contribution in [0.25, 0.3) is 0 Å². The number of phenolic OH excluding ortho intramolecular Hbond substituents is 1. The van der Waals surface area contributed by atoms with Crippen molar-refractivity contribution in [2.75, 3.05) is 7.11 Å². The normalized spacial score (nSPS) is 22.8. The van der Waals surface area contributed by atoms with Gasteiger partial charge in [0, 0.05) is 11.6 Å². The molecule has 4 nitrogen and oxygen atoms in total. The fraction of sp³-hybridized carbons (Fsp3) is 0.533. The van der Waals surface area contributed by atoms with E-state index >= 15 is 0 Å². The molecule has 1 saturated carbocycles. The van der Waals surface area contributed by atoms with E-state index in [0.29, 0.717) is 11.3 Å². The summed E-state index contributed by atoms with van der Waals surface area (Å²) in [6.45, 7) is 2.25. The lowest BCUT2D eigenvalue weighted by atomic mass is 9.87. The zero-order valence-corrected chi connectivity index (χ0v) is 11.5. The van der Waals surface area contributed by atoms with E-state index in [1.807, 2.05) is 0 Å². The summed E-state index contributed by atoms with van der Waals surface area (Å²) in [5.74, 6) is 1.01. The minimum absolute atomic E-state index is 0.00702. The summed E-state index contributed by atoms with van der Waals surface area (Å²) in [7, 11) is 1.48. The molecule has 0 atom stereocenters. The third-order valence-corrected chi connectivity index (χ3v) is 3.79. The van der Waals surface area contributed by atoms with Crippen LogP contribution in [0.1, 0.15) is 43.0 Å². The van der Waals surface area contributed by atoms with Crippen LogP contribution in [0.4, 0.5) is 0 Å². The minimum atomic E-state index is -0.127. The predicted octanol–water partition coefficient (Wildman–Crippen LogP) is 2.71. The molecule has 0 radical (unpaired) electrons. The Bertz CT molecular complexity index is 451. The molecular formula is C15H21NO3. The fourth-order valence-corrected chi connectivity index (χ4v) is 2.50. The van der Waals surface area contributed by atoms with Gasteiger partial charge in [0.1, 0.15) is 0 Å². The summed E-state index contributed by atoms with van der Waals surface area (Å²) in [6, 6.07) is 4.97. The molecule has 0 heterocycles. The van der Waals surface area contributed by atoms with Gasteiger partial charge in [0.05, 0.1) is 7.11 Å². The Balaban J connectivity index is 1.98. The Morgan fingerprint density at radius 2 is 2.00 bits per heavy atom. The minimum Gasteiger partial charge on any atom is -0.504 e. The van der Waals surface area contributed by atoms with E-state index < -0.39 is 0 Å². The molecule has 0 aromatic heterocycles. The molecule has 2 rings (SSSR count). The van der Waals surface area contributed by atoms with Crippen LogP contribution in [-0.4, -0.2) is 24.2 Å². The first-order valence-corrected chi connectivity index (χ1v) is 6.78. The molecule has 1 amide bonds. The van der Waals surface area contributed by atoms with Crippen LogP contribution in [0.2, 0.25) is 0 Å². The molecule has 2 N–H and O–H groups in total. The van der Waals surface area contributed by atoms with E-state index in [4.69, 9.17) is 4.74 Å². The lowest BCUT2D eigenvalue weighted by Gasteiger charge is -2.26. The van der Waals surface area contributed by atoms with E-state index in [9.17, 15) is 9.90 Å². The maximum absolute atomic E-state index is 12.1. The van der Waals surface area contributed by atoms with Gasteiger partial charge in [-0.05, 0) is 49.8 Å². The number of nitrogens with one attached hydrogen (secondary N) is 1. The Kier molecular flexibility index (Phi) is 4.30. The second-order valence-corrected chi connectivity index (χ2v) is 5.32. The molecule has 1 aromatic carbocycles. The molecule has 0 unspecified atom stereocenters. The Labute approximate surface area is 113 Å². The van der Waals surface area contributed by atoms with Gasteiger partial charge < -0.3 is 15.2 Å². The molecule has 1 aliphatic rings. The highest BCUT2D eigenvalue weighted by Crippen LogP contribution is 2.27. The molecule has 1 aromatic rings. The number of hydrogen-bond acceptors (Lipinski definition) is 3. The van der Waals surface area contributed by atoms with Crippen molar-refractivity contribution >= 4 is 5.91 Å². The number of hydrogen-bond donors (Lipinski definition) is 2. The lowest BCUT2D eigenvalue weighted by Crippen LogP contribution is -2.37. The average Bonchev–Trinajstić information content (AvgIpc) is 2.41. The van der Waals surface area contributed by atoms with Gasteiger partial charge in [0.2, 0.25) is 0 Å². The maximum atomic E-state index is 12.1. The highest BCUT2D eigenvalue weighted by Gasteiger charge is 2.20. The second kappa shape index (κ2) is 5.95. The number of ether oxygens (including phenoxy) is 1. The topological polar surface area (TPSA) is 58.6 Å². The van der Waals surface area contributed by atoms with Gasteiger partial charge in [0.15, 0.2) is 11.5 Å². The van der Waals surface area contributed by atoms with E-state index in [1.54, 1.807) is 12.1 Å².